The van der Waals surface area contributed by atoms with Crippen LogP contribution in [0.4, 0.5) is 5.69 Å². The molecule has 1 aromatic carbocycles. The predicted molar refractivity (Wildman–Crippen MR) is 103 cm³/mol. The number of fused-ring (bicyclic) bond motifs is 1. The van der Waals surface area contributed by atoms with E-state index in [0.29, 0.717) is 11.3 Å². The molecule has 1 N–H and O–H groups in total. The van der Waals surface area contributed by atoms with Gasteiger partial charge in [0.15, 0.2) is 0 Å². The summed E-state index contributed by atoms with van der Waals surface area (Å²) in [7, 11) is -3.46. The van der Waals surface area contributed by atoms with Gasteiger partial charge < -0.3 is 4.74 Å². The van der Waals surface area contributed by atoms with Crippen molar-refractivity contribution in [1.29, 1.82) is 0 Å². The van der Waals surface area contributed by atoms with Crippen LogP contribution in [0, 0.1) is 0 Å². The van der Waals surface area contributed by atoms with E-state index in [1.165, 1.54) is 34.7 Å². The number of aromatic nitrogens is 2. The molecule has 0 radical (unpaired) electrons. The molecule has 0 aliphatic heterocycles. The molecule has 0 spiro atoms. The van der Waals surface area contributed by atoms with Crippen molar-refractivity contribution in [3.05, 3.63) is 74.7 Å². The van der Waals surface area contributed by atoms with Gasteiger partial charge >= 0.3 is 5.97 Å². The van der Waals surface area contributed by atoms with Crippen LogP contribution in [0.3, 0.4) is 0 Å². The number of ether oxygens (including phenoxy) is 1. The quantitative estimate of drug-likeness (QED) is 0.595. The van der Waals surface area contributed by atoms with Crippen LogP contribution in [0.25, 0.3) is 5.65 Å². The second-order valence-corrected chi connectivity index (χ2v) is 8.36. The molecule has 2 aromatic heterocycles. The van der Waals surface area contributed by atoms with Crippen LogP contribution in [0.5, 0.6) is 0 Å². The van der Waals surface area contributed by atoms with E-state index in [2.05, 4.69) is 25.6 Å². The van der Waals surface area contributed by atoms with Gasteiger partial charge in [0.1, 0.15) is 12.3 Å². The lowest BCUT2D eigenvalue weighted by Crippen LogP contribution is -2.16. The molecule has 0 bridgehead atoms. The van der Waals surface area contributed by atoms with Crippen molar-refractivity contribution in [2.75, 3.05) is 11.0 Å². The number of nitrogens with zero attached hydrogens (tertiary/aromatic N) is 2. The molecule has 0 saturated carbocycles. The second kappa shape index (κ2) is 7.49. The van der Waals surface area contributed by atoms with E-state index in [9.17, 15) is 18.0 Å². The molecule has 0 atom stereocenters. The molecule has 140 valence electrons. The SMILES string of the molecule is CS(=O)(=O)Nc1cccc(C(=O)OCc2cc(=O)n3cc(Br)ccc3n2)c1. The molecule has 10 heteroatoms. The van der Waals surface area contributed by atoms with E-state index in [4.69, 9.17) is 4.74 Å². The summed E-state index contributed by atoms with van der Waals surface area (Å²) in [4.78, 5) is 28.6. The maximum atomic E-state index is 12.2. The molecule has 3 aromatic rings. The standard InChI is InChI=1S/C17H14BrN3O5S/c1-27(24,25)20-13-4-2-3-11(7-13)17(23)26-10-14-8-16(22)21-9-12(18)5-6-15(21)19-14/h2-9,20H,10H2,1H3. The lowest BCUT2D eigenvalue weighted by molar-refractivity contribution is 0.0467. The van der Waals surface area contributed by atoms with Gasteiger partial charge in [0.05, 0.1) is 17.5 Å². The van der Waals surface area contributed by atoms with E-state index in [-0.39, 0.29) is 23.4 Å². The first kappa shape index (κ1) is 19.1. The summed E-state index contributed by atoms with van der Waals surface area (Å²) >= 11 is 3.29. The Kier molecular flexibility index (Phi) is 5.29. The molecule has 0 fully saturated rings. The van der Waals surface area contributed by atoms with Crippen LogP contribution in [-0.4, -0.2) is 30.0 Å². The number of pyridine rings is 1. The van der Waals surface area contributed by atoms with Crippen LogP contribution in [-0.2, 0) is 21.4 Å². The Bertz CT molecular complexity index is 1190. The number of esters is 1. The minimum Gasteiger partial charge on any atom is -0.456 e. The highest BCUT2D eigenvalue weighted by Gasteiger charge is 2.11. The normalized spacial score (nSPS) is 11.3. The average Bonchev–Trinajstić information content (AvgIpc) is 2.59. The van der Waals surface area contributed by atoms with Gasteiger partial charge in [-0.15, -0.1) is 0 Å². The number of nitrogens with one attached hydrogen (secondary N) is 1. The van der Waals surface area contributed by atoms with E-state index in [1.807, 2.05) is 0 Å². The molecule has 2 heterocycles. The molecular weight excluding hydrogens is 438 g/mol. The summed E-state index contributed by atoms with van der Waals surface area (Å²) in [6.45, 7) is -0.190. The van der Waals surface area contributed by atoms with Gasteiger partial charge in [-0.2, -0.15) is 0 Å². The number of sulfonamides is 1. The van der Waals surface area contributed by atoms with E-state index in [1.54, 1.807) is 18.3 Å². The summed E-state index contributed by atoms with van der Waals surface area (Å²) in [5.74, 6) is -0.662. The van der Waals surface area contributed by atoms with Gasteiger partial charge in [-0.25, -0.2) is 18.2 Å². The average molecular weight is 452 g/mol. The molecule has 27 heavy (non-hydrogen) atoms. The van der Waals surface area contributed by atoms with Crippen LogP contribution >= 0.6 is 15.9 Å². The van der Waals surface area contributed by atoms with Crippen LogP contribution < -0.4 is 10.3 Å². The summed E-state index contributed by atoms with van der Waals surface area (Å²) in [5.41, 5.74) is 0.855. The topological polar surface area (TPSA) is 107 Å². The zero-order chi connectivity index (χ0) is 19.6. The monoisotopic (exact) mass is 451 g/mol. The zero-order valence-corrected chi connectivity index (χ0v) is 16.5. The van der Waals surface area contributed by atoms with Crippen molar-refractivity contribution in [2.45, 2.75) is 6.61 Å². The third kappa shape index (κ3) is 4.92. The predicted octanol–water partition coefficient (Wildman–Crippen LogP) is 2.19. The van der Waals surface area contributed by atoms with E-state index in [0.717, 1.165) is 10.7 Å². The van der Waals surface area contributed by atoms with E-state index >= 15 is 0 Å². The fraction of sp³-hybridized carbons (Fsp3) is 0.118. The minimum atomic E-state index is -3.46. The number of hydrogen-bond donors (Lipinski definition) is 1. The Morgan fingerprint density at radius 1 is 1.26 bits per heavy atom. The Hall–Kier alpha value is -2.72. The maximum absolute atomic E-state index is 12.2. The van der Waals surface area contributed by atoms with Crippen molar-refractivity contribution >= 4 is 43.3 Å². The third-order valence-electron chi connectivity index (χ3n) is 3.43. The number of halogens is 1. The van der Waals surface area contributed by atoms with Gasteiger partial charge in [-0.3, -0.25) is 13.9 Å². The van der Waals surface area contributed by atoms with Gasteiger partial charge in [0, 0.05) is 22.4 Å². The first-order chi connectivity index (χ1) is 12.7. The third-order valence-corrected chi connectivity index (χ3v) is 4.50. The van der Waals surface area contributed by atoms with Crippen LogP contribution in [0.2, 0.25) is 0 Å². The van der Waals surface area contributed by atoms with Gasteiger partial charge in [-0.05, 0) is 46.3 Å². The number of anilines is 1. The van der Waals surface area contributed by atoms with Gasteiger partial charge in [-0.1, -0.05) is 6.07 Å². The lowest BCUT2D eigenvalue weighted by atomic mass is 10.2. The smallest absolute Gasteiger partial charge is 0.338 e. The Labute approximate surface area is 163 Å². The minimum absolute atomic E-state index is 0.171. The van der Waals surface area contributed by atoms with Crippen molar-refractivity contribution < 1.29 is 17.9 Å². The summed E-state index contributed by atoms with van der Waals surface area (Å²) < 4.78 is 32.1. The number of carbonyl (C=O) groups is 1. The molecule has 0 amide bonds. The molecular formula is C17H14BrN3O5S. The fourth-order valence-corrected chi connectivity index (χ4v) is 3.24. The van der Waals surface area contributed by atoms with Crippen LogP contribution in [0.15, 0.2) is 57.9 Å². The largest absolute Gasteiger partial charge is 0.456 e. The maximum Gasteiger partial charge on any atom is 0.338 e. The van der Waals surface area contributed by atoms with Crippen molar-refractivity contribution in [3.8, 4) is 0 Å². The Morgan fingerprint density at radius 2 is 2.04 bits per heavy atom. The van der Waals surface area contributed by atoms with Crippen molar-refractivity contribution in [1.82, 2.24) is 9.38 Å². The second-order valence-electron chi connectivity index (χ2n) is 5.69. The summed E-state index contributed by atoms with van der Waals surface area (Å²) in [6.07, 6.45) is 2.61. The number of rotatable bonds is 5. The number of benzene rings is 1. The Balaban J connectivity index is 1.76. The number of hydrogen-bond acceptors (Lipinski definition) is 6. The summed E-state index contributed by atoms with van der Waals surface area (Å²) in [6, 6.07) is 10.6. The fourth-order valence-electron chi connectivity index (χ4n) is 2.35. The molecule has 0 unspecified atom stereocenters. The van der Waals surface area contributed by atoms with Gasteiger partial charge in [0.2, 0.25) is 10.0 Å². The van der Waals surface area contributed by atoms with Crippen molar-refractivity contribution in [2.24, 2.45) is 0 Å². The molecule has 0 saturated heterocycles. The van der Waals surface area contributed by atoms with Gasteiger partial charge in [0.25, 0.3) is 5.56 Å². The molecule has 0 aliphatic rings. The van der Waals surface area contributed by atoms with E-state index < -0.39 is 16.0 Å². The first-order valence-corrected chi connectivity index (χ1v) is 10.3. The highest BCUT2D eigenvalue weighted by Crippen LogP contribution is 2.14. The van der Waals surface area contributed by atoms with Crippen molar-refractivity contribution in [3.63, 3.8) is 0 Å². The molecule has 0 aliphatic carbocycles. The zero-order valence-electron chi connectivity index (χ0n) is 14.0. The first-order valence-electron chi connectivity index (χ1n) is 7.64. The summed E-state index contributed by atoms with van der Waals surface area (Å²) in [5, 5.41) is 0. The molecule has 8 nitrogen and oxygen atoms in total. The lowest BCUT2D eigenvalue weighted by Gasteiger charge is -2.08. The molecule has 3 rings (SSSR count). The number of carbonyl (C=O) groups excluding carboxylic acids is 1. The highest BCUT2D eigenvalue weighted by atomic mass is 79.9. The van der Waals surface area contributed by atoms with Crippen LogP contribution in [0.1, 0.15) is 16.1 Å². The highest BCUT2D eigenvalue weighted by molar-refractivity contribution is 9.10. The Morgan fingerprint density at radius 3 is 2.78 bits per heavy atom.